The summed E-state index contributed by atoms with van der Waals surface area (Å²) in [5.41, 5.74) is 2.47. The average molecular weight is 521 g/mol. The highest BCUT2D eigenvalue weighted by Gasteiger charge is 2.28. The summed E-state index contributed by atoms with van der Waals surface area (Å²) >= 11 is 6.27. The first kappa shape index (κ1) is 25.3. The van der Waals surface area contributed by atoms with E-state index in [9.17, 15) is 13.2 Å². The Kier molecular flexibility index (Phi) is 7.93. The third-order valence-corrected chi connectivity index (χ3v) is 7.70. The molecule has 4 aromatic carbocycles. The number of hydrogen-bond acceptors (Lipinski definition) is 4. The van der Waals surface area contributed by atoms with Crippen LogP contribution in [0.3, 0.4) is 0 Å². The van der Waals surface area contributed by atoms with Gasteiger partial charge in [-0.25, -0.2) is 8.42 Å². The largest absolute Gasteiger partial charge is 0.489 e. The smallest absolute Gasteiger partial charge is 0.264 e. The van der Waals surface area contributed by atoms with Gasteiger partial charge in [0.1, 0.15) is 18.9 Å². The molecule has 0 aliphatic rings. The zero-order chi connectivity index (χ0) is 25.5. The highest BCUT2D eigenvalue weighted by atomic mass is 35.5. The van der Waals surface area contributed by atoms with Crippen LogP contribution in [-0.2, 0) is 21.4 Å². The van der Waals surface area contributed by atoms with E-state index in [-0.39, 0.29) is 4.90 Å². The van der Waals surface area contributed by atoms with Gasteiger partial charge in [-0.3, -0.25) is 9.10 Å². The van der Waals surface area contributed by atoms with E-state index < -0.39 is 22.5 Å². The number of sulfonamides is 1. The van der Waals surface area contributed by atoms with Crippen LogP contribution < -0.4 is 14.4 Å². The molecule has 184 valence electrons. The molecule has 4 aromatic rings. The van der Waals surface area contributed by atoms with E-state index in [1.807, 2.05) is 30.3 Å². The molecular weight excluding hydrogens is 496 g/mol. The molecule has 0 aliphatic carbocycles. The third kappa shape index (κ3) is 6.05. The molecule has 0 unspecified atom stereocenters. The van der Waals surface area contributed by atoms with Gasteiger partial charge in [0.2, 0.25) is 5.91 Å². The first-order chi connectivity index (χ1) is 17.3. The fraction of sp³-hybridized carbons (Fsp3) is 0.107. The van der Waals surface area contributed by atoms with Gasteiger partial charge in [-0.2, -0.15) is 0 Å². The van der Waals surface area contributed by atoms with Crippen molar-refractivity contribution in [3.63, 3.8) is 0 Å². The zero-order valence-corrected chi connectivity index (χ0v) is 21.2. The van der Waals surface area contributed by atoms with Gasteiger partial charge in [0.05, 0.1) is 10.6 Å². The second-order valence-electron chi connectivity index (χ2n) is 8.06. The second-order valence-corrected chi connectivity index (χ2v) is 10.3. The van der Waals surface area contributed by atoms with Gasteiger partial charge in [-0.05, 0) is 66.6 Å². The molecule has 0 radical (unpaired) electrons. The molecule has 36 heavy (non-hydrogen) atoms. The van der Waals surface area contributed by atoms with Gasteiger partial charge in [-0.1, -0.05) is 66.2 Å². The van der Waals surface area contributed by atoms with Crippen molar-refractivity contribution in [1.82, 2.24) is 0 Å². The van der Waals surface area contributed by atoms with Crippen molar-refractivity contribution in [2.45, 2.75) is 18.4 Å². The molecule has 0 spiro atoms. The average Bonchev–Trinajstić information content (AvgIpc) is 2.90. The van der Waals surface area contributed by atoms with Crippen molar-refractivity contribution in [3.05, 3.63) is 119 Å². The van der Waals surface area contributed by atoms with Crippen molar-refractivity contribution >= 4 is 38.9 Å². The lowest BCUT2D eigenvalue weighted by Gasteiger charge is -2.26. The van der Waals surface area contributed by atoms with Crippen LogP contribution in [0.1, 0.15) is 11.1 Å². The Morgan fingerprint density at radius 2 is 1.50 bits per heavy atom. The molecule has 0 bridgehead atoms. The minimum atomic E-state index is -4.03. The summed E-state index contributed by atoms with van der Waals surface area (Å²) in [6, 6.07) is 29.7. The van der Waals surface area contributed by atoms with Crippen LogP contribution in [-0.4, -0.2) is 20.9 Å². The predicted octanol–water partition coefficient (Wildman–Crippen LogP) is 6.06. The van der Waals surface area contributed by atoms with E-state index in [1.165, 1.54) is 12.1 Å². The molecule has 6 nitrogen and oxygen atoms in total. The monoisotopic (exact) mass is 520 g/mol. The number of anilines is 2. The van der Waals surface area contributed by atoms with Gasteiger partial charge < -0.3 is 10.1 Å². The van der Waals surface area contributed by atoms with Crippen molar-refractivity contribution < 1.29 is 17.9 Å². The highest BCUT2D eigenvalue weighted by molar-refractivity contribution is 7.92. The van der Waals surface area contributed by atoms with Crippen molar-refractivity contribution in [2.24, 2.45) is 0 Å². The zero-order valence-electron chi connectivity index (χ0n) is 19.6. The number of carbonyl (C=O) groups is 1. The van der Waals surface area contributed by atoms with Crippen LogP contribution in [0.2, 0.25) is 5.02 Å². The quantitative estimate of drug-likeness (QED) is 0.291. The summed E-state index contributed by atoms with van der Waals surface area (Å²) in [6.07, 6.45) is 0. The molecule has 0 heterocycles. The van der Waals surface area contributed by atoms with Gasteiger partial charge in [-0.15, -0.1) is 0 Å². The molecule has 0 aliphatic heterocycles. The van der Waals surface area contributed by atoms with Crippen LogP contribution in [0, 0.1) is 6.92 Å². The minimum absolute atomic E-state index is 0.0806. The summed E-state index contributed by atoms with van der Waals surface area (Å²) in [4.78, 5) is 13.1. The van der Waals surface area contributed by atoms with Crippen molar-refractivity contribution in [2.75, 3.05) is 16.2 Å². The van der Waals surface area contributed by atoms with Crippen LogP contribution in [0.15, 0.2) is 108 Å². The fourth-order valence-electron chi connectivity index (χ4n) is 3.59. The van der Waals surface area contributed by atoms with Gasteiger partial charge in [0.25, 0.3) is 10.0 Å². The van der Waals surface area contributed by atoms with Crippen LogP contribution in [0.5, 0.6) is 5.75 Å². The maximum absolute atomic E-state index is 13.5. The van der Waals surface area contributed by atoms with Gasteiger partial charge in [0.15, 0.2) is 0 Å². The summed E-state index contributed by atoms with van der Waals surface area (Å²) in [6.45, 7) is 1.72. The molecular formula is C28H25ClN2O4S. The molecule has 0 aromatic heterocycles. The number of amides is 1. The molecule has 8 heteroatoms. The number of benzene rings is 4. The van der Waals surface area contributed by atoms with E-state index in [2.05, 4.69) is 5.32 Å². The lowest BCUT2D eigenvalue weighted by atomic mass is 10.2. The van der Waals surface area contributed by atoms with E-state index in [0.29, 0.717) is 34.3 Å². The molecule has 1 N–H and O–H groups in total. The Labute approximate surface area is 216 Å². The maximum Gasteiger partial charge on any atom is 0.264 e. The standard InChI is InChI=1S/C28H25ClN2O4S/c1-21-26(29)13-8-14-27(21)31(36(33,34)25-11-6-3-7-12-25)19-28(32)30-23-15-17-24(18-16-23)35-20-22-9-4-2-5-10-22/h2-18H,19-20H2,1H3,(H,30,32). The summed E-state index contributed by atoms with van der Waals surface area (Å²) in [5, 5.41) is 3.18. The summed E-state index contributed by atoms with van der Waals surface area (Å²) < 4.78 is 33.9. The number of halogens is 1. The molecule has 4 rings (SSSR count). The molecule has 1 amide bonds. The Hall–Kier alpha value is -3.81. The van der Waals surface area contributed by atoms with Crippen molar-refractivity contribution in [1.29, 1.82) is 0 Å². The lowest BCUT2D eigenvalue weighted by Crippen LogP contribution is -2.38. The summed E-state index contributed by atoms with van der Waals surface area (Å²) in [5.74, 6) is 0.159. The Morgan fingerprint density at radius 3 is 2.17 bits per heavy atom. The molecule has 0 saturated carbocycles. The normalized spacial score (nSPS) is 11.1. The van der Waals surface area contributed by atoms with Crippen LogP contribution in [0.4, 0.5) is 11.4 Å². The molecule has 0 fully saturated rings. The van der Waals surface area contributed by atoms with Crippen molar-refractivity contribution in [3.8, 4) is 5.75 Å². The topological polar surface area (TPSA) is 75.7 Å². The maximum atomic E-state index is 13.5. The summed E-state index contributed by atoms with van der Waals surface area (Å²) in [7, 11) is -4.03. The van der Waals surface area contributed by atoms with Gasteiger partial charge in [0, 0.05) is 10.7 Å². The Bertz CT molecular complexity index is 1430. The number of rotatable bonds is 9. The fourth-order valence-corrected chi connectivity index (χ4v) is 5.26. The SMILES string of the molecule is Cc1c(Cl)cccc1N(CC(=O)Nc1ccc(OCc2ccccc2)cc1)S(=O)(=O)c1ccccc1. The third-order valence-electron chi connectivity index (χ3n) is 5.51. The first-order valence-electron chi connectivity index (χ1n) is 11.2. The van der Waals surface area contributed by atoms with E-state index in [1.54, 1.807) is 67.6 Å². The molecule has 0 saturated heterocycles. The Morgan fingerprint density at radius 1 is 0.861 bits per heavy atom. The number of nitrogens with zero attached hydrogens (tertiary/aromatic N) is 1. The second kappa shape index (κ2) is 11.3. The number of nitrogens with one attached hydrogen (secondary N) is 1. The Balaban J connectivity index is 1.50. The number of hydrogen-bond donors (Lipinski definition) is 1. The molecule has 0 atom stereocenters. The van der Waals surface area contributed by atoms with E-state index in [4.69, 9.17) is 16.3 Å². The van der Waals surface area contributed by atoms with Crippen LogP contribution >= 0.6 is 11.6 Å². The van der Waals surface area contributed by atoms with E-state index >= 15 is 0 Å². The highest BCUT2D eigenvalue weighted by Crippen LogP contribution is 2.31. The first-order valence-corrected chi connectivity index (χ1v) is 13.1. The predicted molar refractivity (Wildman–Crippen MR) is 143 cm³/mol. The lowest BCUT2D eigenvalue weighted by molar-refractivity contribution is -0.114. The number of ether oxygens (including phenoxy) is 1. The van der Waals surface area contributed by atoms with Crippen LogP contribution in [0.25, 0.3) is 0 Å². The number of carbonyl (C=O) groups excluding carboxylic acids is 1. The van der Waals surface area contributed by atoms with Gasteiger partial charge >= 0.3 is 0 Å². The minimum Gasteiger partial charge on any atom is -0.489 e. The van der Waals surface area contributed by atoms with E-state index in [0.717, 1.165) is 9.87 Å².